The lowest BCUT2D eigenvalue weighted by Gasteiger charge is -2.04. The van der Waals surface area contributed by atoms with Gasteiger partial charge in [-0.05, 0) is 13.0 Å². The lowest BCUT2D eigenvalue weighted by atomic mass is 10.1. The minimum Gasteiger partial charge on any atom is -0.454 e. The number of rotatable bonds is 5. The van der Waals surface area contributed by atoms with Crippen molar-refractivity contribution in [1.29, 1.82) is 5.26 Å². The molecule has 0 fully saturated rings. The molecule has 0 unspecified atom stereocenters. The Morgan fingerprint density at radius 3 is 2.67 bits per heavy atom. The molecular weight excluding hydrogens is 278 g/mol. The summed E-state index contributed by atoms with van der Waals surface area (Å²) in [6, 6.07) is 6.50. The summed E-state index contributed by atoms with van der Waals surface area (Å²) < 4.78 is 4.71. The van der Waals surface area contributed by atoms with Crippen molar-refractivity contribution in [3.63, 3.8) is 0 Å². The molecule has 8 heteroatoms. The van der Waals surface area contributed by atoms with Crippen LogP contribution in [0.3, 0.4) is 0 Å². The summed E-state index contributed by atoms with van der Waals surface area (Å²) >= 11 is 0. The number of hydrogen-bond donors (Lipinski definition) is 1. The molecule has 1 rings (SSSR count). The molecule has 8 nitrogen and oxygen atoms in total. The average Bonchev–Trinajstić information content (AvgIpc) is 2.45. The maximum absolute atomic E-state index is 11.7. The van der Waals surface area contributed by atoms with Crippen molar-refractivity contribution in [3.8, 4) is 6.07 Å². The minimum absolute atomic E-state index is 0.0221. The third-order valence-corrected chi connectivity index (χ3v) is 2.41. The summed E-state index contributed by atoms with van der Waals surface area (Å²) in [7, 11) is 0. The lowest BCUT2D eigenvalue weighted by molar-refractivity contribution is -0.384. The number of carbonyl (C=O) groups excluding carboxylic acids is 2. The van der Waals surface area contributed by atoms with Crippen LogP contribution in [0.15, 0.2) is 35.5 Å². The van der Waals surface area contributed by atoms with Crippen molar-refractivity contribution in [1.82, 2.24) is 0 Å². The van der Waals surface area contributed by atoms with Crippen molar-refractivity contribution in [3.05, 3.63) is 51.2 Å². The molecule has 0 spiro atoms. The molecule has 0 saturated carbocycles. The zero-order chi connectivity index (χ0) is 16.0. The molecule has 108 valence electrons. The fourth-order valence-electron chi connectivity index (χ4n) is 1.40. The molecule has 1 aromatic carbocycles. The van der Waals surface area contributed by atoms with E-state index in [0.717, 1.165) is 6.07 Å². The largest absolute Gasteiger partial charge is 0.454 e. The van der Waals surface area contributed by atoms with E-state index in [-0.39, 0.29) is 22.5 Å². The van der Waals surface area contributed by atoms with Crippen LogP contribution in [0.4, 0.5) is 5.69 Å². The zero-order valence-electron chi connectivity index (χ0n) is 11.0. The molecular formula is C13H11N3O5. The number of nitro benzene ring substituents is 1. The number of nitro groups is 1. The number of ether oxygens (including phenoxy) is 1. The quantitative estimate of drug-likeness (QED) is 0.281. The van der Waals surface area contributed by atoms with Crippen LogP contribution >= 0.6 is 0 Å². The normalized spacial score (nSPS) is 11.0. The molecule has 0 aliphatic carbocycles. The van der Waals surface area contributed by atoms with Crippen LogP contribution in [0, 0.1) is 21.4 Å². The molecule has 0 aliphatic heterocycles. The van der Waals surface area contributed by atoms with Crippen LogP contribution in [-0.4, -0.2) is 23.3 Å². The van der Waals surface area contributed by atoms with E-state index in [1.165, 1.54) is 25.1 Å². The predicted molar refractivity (Wildman–Crippen MR) is 70.9 cm³/mol. The number of Topliss-reactive ketones (excluding diaryl/α,β-unsaturated/α-hetero) is 1. The number of ketones is 1. The monoisotopic (exact) mass is 289 g/mol. The Labute approximate surface area is 119 Å². The van der Waals surface area contributed by atoms with Gasteiger partial charge < -0.3 is 10.5 Å². The van der Waals surface area contributed by atoms with E-state index >= 15 is 0 Å². The number of nitrogens with two attached hydrogens (primary N) is 1. The van der Waals surface area contributed by atoms with Gasteiger partial charge in [-0.15, -0.1) is 0 Å². The Bertz CT molecular complexity index is 669. The molecule has 0 amide bonds. The first-order valence-corrected chi connectivity index (χ1v) is 5.68. The second kappa shape index (κ2) is 6.81. The van der Waals surface area contributed by atoms with Gasteiger partial charge in [-0.1, -0.05) is 6.07 Å². The van der Waals surface area contributed by atoms with Gasteiger partial charge in [-0.25, -0.2) is 4.79 Å². The smallest absolute Gasteiger partial charge is 0.338 e. The van der Waals surface area contributed by atoms with E-state index in [4.69, 9.17) is 15.7 Å². The Kier molecular flexibility index (Phi) is 5.14. The van der Waals surface area contributed by atoms with Crippen molar-refractivity contribution in [2.45, 2.75) is 6.92 Å². The summed E-state index contributed by atoms with van der Waals surface area (Å²) in [4.78, 5) is 33.2. The summed E-state index contributed by atoms with van der Waals surface area (Å²) in [6.45, 7) is 0.706. The first kappa shape index (κ1) is 15.8. The molecule has 0 radical (unpaired) electrons. The second-order valence-electron chi connectivity index (χ2n) is 3.98. The van der Waals surface area contributed by atoms with E-state index in [1.54, 1.807) is 6.07 Å². The van der Waals surface area contributed by atoms with E-state index in [2.05, 4.69) is 0 Å². The molecule has 0 saturated heterocycles. The van der Waals surface area contributed by atoms with Crippen LogP contribution in [0.25, 0.3) is 0 Å². The predicted octanol–water partition coefficient (Wildman–Crippen LogP) is 1.08. The SMILES string of the molecule is C/C(N)=C(/C#N)C(=O)COC(=O)c1cccc([N+](=O)[O-])c1. The van der Waals surface area contributed by atoms with Gasteiger partial charge in [-0.3, -0.25) is 14.9 Å². The number of benzene rings is 1. The lowest BCUT2D eigenvalue weighted by Crippen LogP contribution is -2.17. The standard InChI is InChI=1S/C13H11N3O5/c1-8(15)11(6-14)12(17)7-21-13(18)9-3-2-4-10(5-9)16(19)20/h2-5H,7,15H2,1H3/b11-8+. The number of allylic oxidation sites excluding steroid dienone is 1. The van der Waals surface area contributed by atoms with Gasteiger partial charge in [0.05, 0.1) is 10.5 Å². The summed E-state index contributed by atoms with van der Waals surface area (Å²) in [5.74, 6) is -1.64. The highest BCUT2D eigenvalue weighted by molar-refractivity contribution is 6.02. The molecule has 1 aromatic rings. The third-order valence-electron chi connectivity index (χ3n) is 2.41. The van der Waals surface area contributed by atoms with Crippen LogP contribution in [-0.2, 0) is 9.53 Å². The van der Waals surface area contributed by atoms with Crippen molar-refractivity contribution < 1.29 is 19.2 Å². The van der Waals surface area contributed by atoms with Gasteiger partial charge >= 0.3 is 5.97 Å². The Hall–Kier alpha value is -3.21. The highest BCUT2D eigenvalue weighted by Gasteiger charge is 2.17. The van der Waals surface area contributed by atoms with Crippen molar-refractivity contribution >= 4 is 17.4 Å². The Morgan fingerprint density at radius 1 is 1.48 bits per heavy atom. The summed E-state index contributed by atoms with van der Waals surface area (Å²) in [5, 5.41) is 19.3. The average molecular weight is 289 g/mol. The minimum atomic E-state index is -0.904. The van der Waals surface area contributed by atoms with Crippen LogP contribution in [0.1, 0.15) is 17.3 Å². The molecule has 2 N–H and O–H groups in total. The number of nitrogens with zero attached hydrogens (tertiary/aromatic N) is 2. The highest BCUT2D eigenvalue weighted by atomic mass is 16.6. The summed E-state index contributed by atoms with van der Waals surface area (Å²) in [5.41, 5.74) is 4.73. The molecule has 0 heterocycles. The fourth-order valence-corrected chi connectivity index (χ4v) is 1.40. The van der Waals surface area contributed by atoms with Gasteiger partial charge in [0, 0.05) is 17.8 Å². The Morgan fingerprint density at radius 2 is 2.14 bits per heavy atom. The van der Waals surface area contributed by atoms with E-state index in [1.807, 2.05) is 0 Å². The van der Waals surface area contributed by atoms with Gasteiger partial charge in [0.1, 0.15) is 11.6 Å². The molecule has 0 atom stereocenters. The Balaban J connectivity index is 2.78. The van der Waals surface area contributed by atoms with Gasteiger partial charge in [-0.2, -0.15) is 5.26 Å². The van der Waals surface area contributed by atoms with Crippen molar-refractivity contribution in [2.75, 3.05) is 6.61 Å². The maximum atomic E-state index is 11.7. The van der Waals surface area contributed by atoms with Crippen LogP contribution in [0.2, 0.25) is 0 Å². The summed E-state index contributed by atoms with van der Waals surface area (Å²) in [6.07, 6.45) is 0. The molecule has 0 aliphatic rings. The zero-order valence-corrected chi connectivity index (χ0v) is 11.0. The van der Waals surface area contributed by atoms with Crippen LogP contribution < -0.4 is 5.73 Å². The molecule has 21 heavy (non-hydrogen) atoms. The number of hydrogen-bond acceptors (Lipinski definition) is 7. The maximum Gasteiger partial charge on any atom is 0.338 e. The first-order chi connectivity index (χ1) is 9.86. The number of non-ortho nitro benzene ring substituents is 1. The molecule has 0 aromatic heterocycles. The van der Waals surface area contributed by atoms with E-state index in [9.17, 15) is 19.7 Å². The van der Waals surface area contributed by atoms with Crippen LogP contribution in [0.5, 0.6) is 0 Å². The second-order valence-corrected chi connectivity index (χ2v) is 3.98. The van der Waals surface area contributed by atoms with E-state index in [0.29, 0.717) is 0 Å². The first-order valence-electron chi connectivity index (χ1n) is 5.68. The van der Waals surface area contributed by atoms with Gasteiger partial charge in [0.25, 0.3) is 5.69 Å². The molecule has 0 bridgehead atoms. The highest BCUT2D eigenvalue weighted by Crippen LogP contribution is 2.14. The van der Waals surface area contributed by atoms with Gasteiger partial charge in [0.15, 0.2) is 6.61 Å². The van der Waals surface area contributed by atoms with E-state index < -0.39 is 23.3 Å². The van der Waals surface area contributed by atoms with Gasteiger partial charge in [0.2, 0.25) is 5.78 Å². The number of nitriles is 1. The van der Waals surface area contributed by atoms with Crippen molar-refractivity contribution in [2.24, 2.45) is 5.73 Å². The fraction of sp³-hybridized carbons (Fsp3) is 0.154. The third kappa shape index (κ3) is 4.14. The number of carbonyl (C=O) groups is 2. The number of esters is 1. The topological polar surface area (TPSA) is 136 Å².